The van der Waals surface area contributed by atoms with E-state index in [4.69, 9.17) is 17.0 Å². The molecule has 1 saturated heterocycles. The van der Waals surface area contributed by atoms with Gasteiger partial charge in [-0.2, -0.15) is 0 Å². The number of nitrogens with one attached hydrogen (secondary N) is 1. The number of aryl methyl sites for hydroxylation is 1. The lowest BCUT2D eigenvalue weighted by atomic mass is 10.3. The zero-order valence-electron chi connectivity index (χ0n) is 12.1. The number of thiophene rings is 1. The van der Waals surface area contributed by atoms with E-state index in [9.17, 15) is 4.79 Å². The molecule has 0 aliphatic carbocycles. The summed E-state index contributed by atoms with van der Waals surface area (Å²) in [4.78, 5) is 20.0. The second-order valence-electron chi connectivity index (χ2n) is 5.29. The SMILES string of the molecule is Cc1cc2c(=O)n(CCCN3CCOCC3)c(=S)[nH]c2s1. The number of rotatable bonds is 4. The van der Waals surface area contributed by atoms with Gasteiger partial charge in [-0.3, -0.25) is 14.3 Å². The van der Waals surface area contributed by atoms with Crippen molar-refractivity contribution in [1.29, 1.82) is 0 Å². The van der Waals surface area contributed by atoms with Crippen molar-refractivity contribution in [3.8, 4) is 0 Å². The molecule has 1 fully saturated rings. The number of ether oxygens (including phenoxy) is 1. The van der Waals surface area contributed by atoms with Gasteiger partial charge in [-0.1, -0.05) is 0 Å². The molecule has 21 heavy (non-hydrogen) atoms. The molecule has 0 aromatic carbocycles. The lowest BCUT2D eigenvalue weighted by Gasteiger charge is -2.26. The van der Waals surface area contributed by atoms with Crippen LogP contribution >= 0.6 is 23.6 Å². The Bertz CT molecular complexity index is 741. The highest BCUT2D eigenvalue weighted by atomic mass is 32.1. The van der Waals surface area contributed by atoms with Crippen molar-refractivity contribution in [2.24, 2.45) is 0 Å². The molecule has 0 spiro atoms. The van der Waals surface area contributed by atoms with Gasteiger partial charge in [-0.15, -0.1) is 11.3 Å². The molecule has 0 amide bonds. The van der Waals surface area contributed by atoms with Gasteiger partial charge in [0, 0.05) is 31.1 Å². The number of aromatic nitrogens is 2. The van der Waals surface area contributed by atoms with E-state index in [0.717, 1.165) is 54.4 Å². The van der Waals surface area contributed by atoms with Gasteiger partial charge in [0.05, 0.1) is 18.6 Å². The Labute approximate surface area is 132 Å². The minimum Gasteiger partial charge on any atom is -0.379 e. The molecule has 0 radical (unpaired) electrons. The fourth-order valence-electron chi connectivity index (χ4n) is 2.65. The minimum absolute atomic E-state index is 0.0278. The highest BCUT2D eigenvalue weighted by Gasteiger charge is 2.11. The molecule has 1 aliphatic rings. The Kier molecular flexibility index (Phi) is 4.54. The van der Waals surface area contributed by atoms with Crippen molar-refractivity contribution in [2.75, 3.05) is 32.8 Å². The second kappa shape index (κ2) is 6.39. The first kappa shape index (κ1) is 14.9. The van der Waals surface area contributed by atoms with Crippen LogP contribution in [0.25, 0.3) is 10.2 Å². The summed E-state index contributed by atoms with van der Waals surface area (Å²) < 4.78 is 7.54. The third-order valence-corrected chi connectivity index (χ3v) is 5.04. The monoisotopic (exact) mass is 325 g/mol. The van der Waals surface area contributed by atoms with Crippen LogP contribution in [0.2, 0.25) is 0 Å². The van der Waals surface area contributed by atoms with E-state index >= 15 is 0 Å². The highest BCUT2D eigenvalue weighted by molar-refractivity contribution is 7.71. The van der Waals surface area contributed by atoms with E-state index in [1.807, 2.05) is 13.0 Å². The first-order chi connectivity index (χ1) is 10.1. The van der Waals surface area contributed by atoms with Gasteiger partial charge in [0.15, 0.2) is 4.77 Å². The van der Waals surface area contributed by atoms with Crippen LogP contribution in [0, 0.1) is 11.7 Å². The zero-order valence-corrected chi connectivity index (χ0v) is 13.7. The maximum Gasteiger partial charge on any atom is 0.263 e. The van der Waals surface area contributed by atoms with Gasteiger partial charge < -0.3 is 9.72 Å². The zero-order chi connectivity index (χ0) is 14.8. The Morgan fingerprint density at radius 1 is 1.38 bits per heavy atom. The number of hydrogen-bond donors (Lipinski definition) is 1. The van der Waals surface area contributed by atoms with Gasteiger partial charge >= 0.3 is 0 Å². The number of H-pyrrole nitrogens is 1. The number of fused-ring (bicyclic) bond motifs is 1. The summed E-state index contributed by atoms with van der Waals surface area (Å²) >= 11 is 6.90. The Hall–Kier alpha value is -1.02. The molecular weight excluding hydrogens is 306 g/mol. The Balaban J connectivity index is 1.74. The largest absolute Gasteiger partial charge is 0.379 e. The van der Waals surface area contributed by atoms with Gasteiger partial charge in [0.2, 0.25) is 0 Å². The molecule has 1 N–H and O–H groups in total. The summed E-state index contributed by atoms with van der Waals surface area (Å²) in [7, 11) is 0. The molecule has 2 aromatic heterocycles. The molecule has 7 heteroatoms. The summed E-state index contributed by atoms with van der Waals surface area (Å²) in [5.41, 5.74) is 0.0278. The van der Waals surface area contributed by atoms with E-state index < -0.39 is 0 Å². The van der Waals surface area contributed by atoms with E-state index in [1.54, 1.807) is 15.9 Å². The first-order valence-electron chi connectivity index (χ1n) is 7.18. The van der Waals surface area contributed by atoms with Crippen molar-refractivity contribution in [3.05, 3.63) is 26.1 Å². The molecule has 0 unspecified atom stereocenters. The number of morpholine rings is 1. The molecule has 5 nitrogen and oxygen atoms in total. The van der Waals surface area contributed by atoms with Gasteiger partial charge in [-0.25, -0.2) is 0 Å². The average molecular weight is 325 g/mol. The van der Waals surface area contributed by atoms with Crippen LogP contribution < -0.4 is 5.56 Å². The first-order valence-corrected chi connectivity index (χ1v) is 8.41. The quantitative estimate of drug-likeness (QED) is 0.875. The molecule has 3 heterocycles. The number of aromatic amines is 1. The van der Waals surface area contributed by atoms with Crippen LogP contribution in [0.3, 0.4) is 0 Å². The molecular formula is C14H19N3O2S2. The molecule has 1 aliphatic heterocycles. The van der Waals surface area contributed by atoms with Crippen molar-refractivity contribution in [1.82, 2.24) is 14.5 Å². The summed E-state index contributed by atoms with van der Waals surface area (Å²) in [5, 5.41) is 0.748. The normalized spacial score (nSPS) is 16.6. The van der Waals surface area contributed by atoms with Crippen LogP contribution in [0.4, 0.5) is 0 Å². The molecule has 0 atom stereocenters. The minimum atomic E-state index is 0.0278. The molecule has 3 rings (SSSR count). The lowest BCUT2D eigenvalue weighted by Crippen LogP contribution is -2.37. The van der Waals surface area contributed by atoms with E-state index in [2.05, 4.69) is 9.88 Å². The Morgan fingerprint density at radius 2 is 2.14 bits per heavy atom. The fraction of sp³-hybridized carbons (Fsp3) is 0.571. The lowest BCUT2D eigenvalue weighted by molar-refractivity contribution is 0.0369. The maximum absolute atomic E-state index is 12.5. The van der Waals surface area contributed by atoms with Crippen molar-refractivity contribution in [3.63, 3.8) is 0 Å². The third kappa shape index (κ3) is 3.26. The molecule has 0 bridgehead atoms. The molecule has 2 aromatic rings. The maximum atomic E-state index is 12.5. The molecule has 0 saturated carbocycles. The van der Waals surface area contributed by atoms with E-state index in [1.165, 1.54) is 0 Å². The van der Waals surface area contributed by atoms with Crippen LogP contribution in [-0.2, 0) is 11.3 Å². The van der Waals surface area contributed by atoms with Crippen molar-refractivity contribution < 1.29 is 4.74 Å². The number of nitrogens with zero attached hydrogens (tertiary/aromatic N) is 2. The highest BCUT2D eigenvalue weighted by Crippen LogP contribution is 2.19. The van der Waals surface area contributed by atoms with E-state index in [-0.39, 0.29) is 5.56 Å². The summed E-state index contributed by atoms with van der Waals surface area (Å²) in [6.45, 7) is 7.21. The van der Waals surface area contributed by atoms with Crippen LogP contribution in [0.5, 0.6) is 0 Å². The van der Waals surface area contributed by atoms with Crippen LogP contribution in [-0.4, -0.2) is 47.3 Å². The van der Waals surface area contributed by atoms with Gasteiger partial charge in [0.1, 0.15) is 4.83 Å². The third-order valence-electron chi connectivity index (χ3n) is 3.76. The topological polar surface area (TPSA) is 50.3 Å². The predicted molar refractivity (Wildman–Crippen MR) is 87.9 cm³/mol. The standard InChI is InChI=1S/C14H19N3O2S2/c1-10-9-11-12(21-10)15-14(20)17(13(11)18)4-2-3-16-5-7-19-8-6-16/h9H,2-8H2,1H3,(H,15,20). The smallest absolute Gasteiger partial charge is 0.263 e. The summed E-state index contributed by atoms with van der Waals surface area (Å²) in [6.07, 6.45) is 0.923. The number of hydrogen-bond acceptors (Lipinski definition) is 5. The van der Waals surface area contributed by atoms with Crippen LogP contribution in [0.15, 0.2) is 10.9 Å². The Morgan fingerprint density at radius 3 is 2.90 bits per heavy atom. The predicted octanol–water partition coefficient (Wildman–Crippen LogP) is 2.15. The fourth-order valence-corrected chi connectivity index (χ4v) is 3.89. The summed E-state index contributed by atoms with van der Waals surface area (Å²) in [6, 6.07) is 1.94. The van der Waals surface area contributed by atoms with E-state index in [0.29, 0.717) is 11.3 Å². The second-order valence-corrected chi connectivity index (χ2v) is 6.94. The van der Waals surface area contributed by atoms with Gasteiger partial charge in [-0.05, 0) is 31.6 Å². The summed E-state index contributed by atoms with van der Waals surface area (Å²) in [5.74, 6) is 0. The van der Waals surface area contributed by atoms with Gasteiger partial charge in [0.25, 0.3) is 5.56 Å². The van der Waals surface area contributed by atoms with Crippen LogP contribution in [0.1, 0.15) is 11.3 Å². The van der Waals surface area contributed by atoms with Crippen molar-refractivity contribution in [2.45, 2.75) is 19.9 Å². The van der Waals surface area contributed by atoms with Crippen molar-refractivity contribution >= 4 is 33.8 Å². The average Bonchev–Trinajstić information content (AvgIpc) is 2.84. The molecule has 114 valence electrons.